The van der Waals surface area contributed by atoms with E-state index in [1.807, 2.05) is 0 Å². The summed E-state index contributed by atoms with van der Waals surface area (Å²) in [7, 11) is 0. The Morgan fingerprint density at radius 2 is 2.17 bits per heavy atom. The largest absolute Gasteiger partial charge is 0.367 e. The fourth-order valence-electron chi connectivity index (χ4n) is 1.66. The number of anilines is 1. The minimum absolute atomic E-state index is 0.252. The molecule has 0 bridgehead atoms. The summed E-state index contributed by atoms with van der Waals surface area (Å²) in [6, 6.07) is 3.50. The van der Waals surface area contributed by atoms with Crippen LogP contribution in [0.25, 0.3) is 5.65 Å². The highest BCUT2D eigenvalue weighted by molar-refractivity contribution is 5.43. The number of nitrogens with zero attached hydrogens (tertiary/aromatic N) is 3. The van der Waals surface area contributed by atoms with Crippen LogP contribution >= 0.6 is 0 Å². The zero-order valence-electron chi connectivity index (χ0n) is 10.6. The molecule has 0 aromatic carbocycles. The zero-order chi connectivity index (χ0) is 13.2. The normalized spacial score (nSPS) is 11.9. The van der Waals surface area contributed by atoms with Crippen LogP contribution in [-0.2, 0) is 0 Å². The van der Waals surface area contributed by atoms with Gasteiger partial charge in [0.25, 0.3) is 0 Å². The van der Waals surface area contributed by atoms with Crippen molar-refractivity contribution < 1.29 is 0 Å². The topological polar surface area (TPSA) is 101 Å². The average molecular weight is 250 g/mol. The number of nitrogens with one attached hydrogen (secondary N) is 2. The van der Waals surface area contributed by atoms with Crippen LogP contribution in [0.5, 0.6) is 0 Å². The van der Waals surface area contributed by atoms with Gasteiger partial charge in [-0.25, -0.2) is 9.89 Å². The third kappa shape index (κ3) is 2.35. The van der Waals surface area contributed by atoms with Crippen LogP contribution in [0.4, 0.5) is 5.82 Å². The van der Waals surface area contributed by atoms with Gasteiger partial charge < -0.3 is 11.1 Å². The van der Waals surface area contributed by atoms with Gasteiger partial charge in [-0.15, -0.1) is 5.10 Å². The third-order valence-electron chi connectivity index (χ3n) is 3.30. The van der Waals surface area contributed by atoms with E-state index in [4.69, 9.17) is 5.73 Å². The Labute approximate surface area is 104 Å². The van der Waals surface area contributed by atoms with Crippen molar-refractivity contribution >= 4 is 11.5 Å². The highest BCUT2D eigenvalue weighted by Crippen LogP contribution is 2.12. The monoisotopic (exact) mass is 250 g/mol. The second-order valence-electron chi connectivity index (χ2n) is 4.44. The Morgan fingerprint density at radius 3 is 2.83 bits per heavy atom. The average Bonchev–Trinajstić information content (AvgIpc) is 2.77. The Kier molecular flexibility index (Phi) is 3.33. The van der Waals surface area contributed by atoms with Gasteiger partial charge in [0.05, 0.1) is 0 Å². The van der Waals surface area contributed by atoms with E-state index in [-0.39, 0.29) is 11.2 Å². The second-order valence-corrected chi connectivity index (χ2v) is 4.44. The molecule has 0 saturated carbocycles. The first-order valence-electron chi connectivity index (χ1n) is 6.05. The van der Waals surface area contributed by atoms with E-state index in [2.05, 4.69) is 34.5 Å². The summed E-state index contributed by atoms with van der Waals surface area (Å²) >= 11 is 0. The molecule has 0 unspecified atom stereocenters. The van der Waals surface area contributed by atoms with Crippen molar-refractivity contribution in [3.05, 3.63) is 22.6 Å². The summed E-state index contributed by atoms with van der Waals surface area (Å²) in [6.45, 7) is 4.73. The van der Waals surface area contributed by atoms with Crippen LogP contribution < -0.4 is 16.7 Å². The number of H-pyrrole nitrogens is 1. The number of aromatic nitrogens is 4. The lowest BCUT2D eigenvalue weighted by Gasteiger charge is -2.26. The molecule has 2 aromatic rings. The summed E-state index contributed by atoms with van der Waals surface area (Å²) in [4.78, 5) is 11.4. The van der Waals surface area contributed by atoms with E-state index in [1.54, 1.807) is 12.1 Å². The minimum Gasteiger partial charge on any atom is -0.367 e. The fraction of sp³-hybridized carbons (Fsp3) is 0.545. The second kappa shape index (κ2) is 4.77. The van der Waals surface area contributed by atoms with E-state index >= 15 is 0 Å². The van der Waals surface area contributed by atoms with Gasteiger partial charge in [-0.2, -0.15) is 9.61 Å². The van der Waals surface area contributed by atoms with Crippen LogP contribution in [0.3, 0.4) is 0 Å². The van der Waals surface area contributed by atoms with Gasteiger partial charge in [-0.05, 0) is 25.0 Å². The quantitative estimate of drug-likeness (QED) is 0.710. The zero-order valence-corrected chi connectivity index (χ0v) is 10.6. The lowest BCUT2D eigenvalue weighted by atomic mass is 9.94. The lowest BCUT2D eigenvalue weighted by molar-refractivity contribution is 0.417. The molecule has 0 aliphatic rings. The molecular formula is C11H18N6O. The van der Waals surface area contributed by atoms with Gasteiger partial charge in [0.15, 0.2) is 5.65 Å². The number of aromatic amines is 1. The maximum absolute atomic E-state index is 11.4. The van der Waals surface area contributed by atoms with E-state index in [9.17, 15) is 4.79 Å². The van der Waals surface area contributed by atoms with E-state index < -0.39 is 0 Å². The highest BCUT2D eigenvalue weighted by Gasteiger charge is 2.19. The number of hydrogen-bond acceptors (Lipinski definition) is 5. The molecule has 0 amide bonds. The molecule has 98 valence electrons. The molecule has 0 atom stereocenters. The van der Waals surface area contributed by atoms with Gasteiger partial charge in [-0.1, -0.05) is 13.8 Å². The molecule has 0 radical (unpaired) electrons. The minimum atomic E-state index is -0.348. The Balaban J connectivity index is 2.17. The Morgan fingerprint density at radius 1 is 1.44 bits per heavy atom. The molecule has 2 aromatic heterocycles. The summed E-state index contributed by atoms with van der Waals surface area (Å²) in [6.07, 6.45) is 1.76. The summed E-state index contributed by atoms with van der Waals surface area (Å²) in [5, 5.41) is 13.5. The maximum atomic E-state index is 11.4. The number of nitrogens with two attached hydrogens (primary N) is 1. The van der Waals surface area contributed by atoms with Gasteiger partial charge in [0.2, 0.25) is 0 Å². The number of rotatable bonds is 5. The lowest BCUT2D eigenvalue weighted by Crippen LogP contribution is -2.45. The first kappa shape index (κ1) is 12.6. The molecule has 7 heteroatoms. The molecule has 2 heterocycles. The van der Waals surface area contributed by atoms with Crippen LogP contribution in [0.2, 0.25) is 0 Å². The maximum Gasteiger partial charge on any atom is 0.364 e. The van der Waals surface area contributed by atoms with Crippen molar-refractivity contribution in [2.45, 2.75) is 32.2 Å². The van der Waals surface area contributed by atoms with Crippen molar-refractivity contribution in [2.75, 3.05) is 11.9 Å². The number of fused-ring (bicyclic) bond motifs is 1. The van der Waals surface area contributed by atoms with E-state index in [0.29, 0.717) is 18.0 Å². The fourth-order valence-corrected chi connectivity index (χ4v) is 1.66. The molecule has 0 fully saturated rings. The molecule has 4 N–H and O–H groups in total. The first-order chi connectivity index (χ1) is 8.58. The van der Waals surface area contributed by atoms with Crippen LogP contribution in [0.15, 0.2) is 16.9 Å². The SMILES string of the molecule is CCC(N)(CC)CNc1ccc2n[nH]c(=O)n2n1. The molecule has 0 spiro atoms. The predicted molar refractivity (Wildman–Crippen MR) is 69.6 cm³/mol. The molecular weight excluding hydrogens is 232 g/mol. The molecule has 0 saturated heterocycles. The highest BCUT2D eigenvalue weighted by atomic mass is 16.2. The molecule has 0 aliphatic carbocycles. The van der Waals surface area contributed by atoms with Crippen molar-refractivity contribution in [3.8, 4) is 0 Å². The van der Waals surface area contributed by atoms with Gasteiger partial charge in [-0.3, -0.25) is 0 Å². The molecule has 0 aliphatic heterocycles. The van der Waals surface area contributed by atoms with E-state index in [0.717, 1.165) is 12.8 Å². The Hall–Kier alpha value is -1.89. The number of hydrogen-bond donors (Lipinski definition) is 3. The van der Waals surface area contributed by atoms with Crippen molar-refractivity contribution in [3.63, 3.8) is 0 Å². The van der Waals surface area contributed by atoms with E-state index in [1.165, 1.54) is 4.52 Å². The first-order valence-corrected chi connectivity index (χ1v) is 6.05. The van der Waals surface area contributed by atoms with Crippen LogP contribution in [-0.4, -0.2) is 31.9 Å². The summed E-state index contributed by atoms with van der Waals surface area (Å²) in [5.74, 6) is 0.614. The summed E-state index contributed by atoms with van der Waals surface area (Å²) in [5.41, 5.74) is 6.09. The third-order valence-corrected chi connectivity index (χ3v) is 3.30. The summed E-state index contributed by atoms with van der Waals surface area (Å²) < 4.78 is 1.22. The Bertz CT molecular complexity index is 582. The predicted octanol–water partition coefficient (Wildman–Crippen LogP) is 0.347. The van der Waals surface area contributed by atoms with Gasteiger partial charge >= 0.3 is 5.69 Å². The van der Waals surface area contributed by atoms with Crippen molar-refractivity contribution in [1.29, 1.82) is 0 Å². The molecule has 2 rings (SSSR count). The molecule has 7 nitrogen and oxygen atoms in total. The van der Waals surface area contributed by atoms with Crippen LogP contribution in [0.1, 0.15) is 26.7 Å². The van der Waals surface area contributed by atoms with Crippen molar-refractivity contribution in [2.24, 2.45) is 5.73 Å². The van der Waals surface area contributed by atoms with Crippen molar-refractivity contribution in [1.82, 2.24) is 19.8 Å². The standard InChI is InChI=1S/C11H18N6O/c1-3-11(12,4-2)7-13-8-5-6-9-14-15-10(18)17(9)16-8/h5-6H,3-4,7,12H2,1-2H3,(H,13,16)(H,15,18). The molecule has 18 heavy (non-hydrogen) atoms. The van der Waals surface area contributed by atoms with Gasteiger partial charge in [0.1, 0.15) is 5.82 Å². The van der Waals surface area contributed by atoms with Gasteiger partial charge in [0, 0.05) is 12.1 Å². The van der Waals surface area contributed by atoms with Crippen LogP contribution in [0, 0.1) is 0 Å². The smallest absolute Gasteiger partial charge is 0.364 e.